The summed E-state index contributed by atoms with van der Waals surface area (Å²) < 4.78 is 1.85. The van der Waals surface area contributed by atoms with Gasteiger partial charge in [-0.2, -0.15) is 17.7 Å². The molecule has 1 aromatic rings. The molecule has 1 saturated heterocycles. The van der Waals surface area contributed by atoms with E-state index in [4.69, 9.17) is 0 Å². The predicted molar refractivity (Wildman–Crippen MR) is 62.2 cm³/mol. The topological polar surface area (TPSA) is 38.1 Å². The van der Waals surface area contributed by atoms with E-state index in [0.717, 1.165) is 24.7 Å². The number of aromatic nitrogens is 2. The molecular weight excluding hydrogens is 210 g/mol. The first-order valence-corrected chi connectivity index (χ1v) is 5.82. The molecule has 1 unspecified atom stereocenters. The minimum absolute atomic E-state index is 0.184. The van der Waals surface area contributed by atoms with Crippen LogP contribution in [-0.2, 0) is 11.3 Å². The third kappa shape index (κ3) is 1.88. The van der Waals surface area contributed by atoms with E-state index in [-0.39, 0.29) is 5.91 Å². The van der Waals surface area contributed by atoms with E-state index in [1.54, 1.807) is 6.20 Å². The summed E-state index contributed by atoms with van der Waals surface area (Å²) in [6.45, 7) is 3.58. The first-order chi connectivity index (χ1) is 7.26. The number of hydrogen-bond donors (Lipinski definition) is 1. The second-order valence-electron chi connectivity index (χ2n) is 3.76. The highest BCUT2D eigenvalue weighted by molar-refractivity contribution is 7.80. The first-order valence-electron chi connectivity index (χ1n) is 5.19. The fraction of sp³-hybridized carbons (Fsp3) is 0.600. The van der Waals surface area contributed by atoms with Gasteiger partial charge in [0.25, 0.3) is 0 Å². The Labute approximate surface area is 94.7 Å². The van der Waals surface area contributed by atoms with Crippen molar-refractivity contribution in [3.05, 3.63) is 12.3 Å². The molecule has 1 atom stereocenters. The molecule has 1 fully saturated rings. The summed E-state index contributed by atoms with van der Waals surface area (Å²) in [7, 11) is 0. The molecule has 1 aromatic heterocycles. The van der Waals surface area contributed by atoms with E-state index in [0.29, 0.717) is 12.3 Å². The Balaban J connectivity index is 2.21. The molecule has 0 spiro atoms. The molecular formula is C10H15N3OS. The van der Waals surface area contributed by atoms with Crippen molar-refractivity contribution in [2.45, 2.75) is 19.9 Å². The van der Waals surface area contributed by atoms with Crippen molar-refractivity contribution in [2.24, 2.45) is 5.92 Å². The van der Waals surface area contributed by atoms with Crippen LogP contribution >= 0.6 is 12.6 Å². The maximum Gasteiger partial charge on any atom is 0.228 e. The van der Waals surface area contributed by atoms with Crippen molar-refractivity contribution >= 4 is 24.4 Å². The zero-order valence-electron chi connectivity index (χ0n) is 8.76. The number of carbonyl (C=O) groups is 1. The Morgan fingerprint density at radius 2 is 2.47 bits per heavy atom. The number of aryl methyl sites for hydroxylation is 1. The lowest BCUT2D eigenvalue weighted by Gasteiger charge is -2.17. The minimum Gasteiger partial charge on any atom is -0.297 e. The van der Waals surface area contributed by atoms with Crippen molar-refractivity contribution in [3.8, 4) is 0 Å². The quantitative estimate of drug-likeness (QED) is 0.785. The van der Waals surface area contributed by atoms with Crippen molar-refractivity contribution < 1.29 is 4.79 Å². The summed E-state index contributed by atoms with van der Waals surface area (Å²) >= 11 is 4.24. The van der Waals surface area contributed by atoms with Gasteiger partial charge < -0.3 is 0 Å². The number of anilines is 1. The maximum absolute atomic E-state index is 11.8. The molecule has 1 amide bonds. The number of nitrogens with zero attached hydrogens (tertiary/aromatic N) is 3. The van der Waals surface area contributed by atoms with E-state index >= 15 is 0 Å². The molecule has 15 heavy (non-hydrogen) atoms. The minimum atomic E-state index is 0.184. The zero-order valence-corrected chi connectivity index (χ0v) is 9.65. The lowest BCUT2D eigenvalue weighted by atomic mass is 10.1. The van der Waals surface area contributed by atoms with Crippen LogP contribution in [0, 0.1) is 5.92 Å². The molecule has 0 N–H and O–H groups in total. The van der Waals surface area contributed by atoms with Crippen LogP contribution in [0.3, 0.4) is 0 Å². The van der Waals surface area contributed by atoms with Crippen molar-refractivity contribution in [2.75, 3.05) is 17.2 Å². The number of hydrogen-bond acceptors (Lipinski definition) is 3. The highest BCUT2D eigenvalue weighted by Crippen LogP contribution is 2.25. The Morgan fingerprint density at radius 3 is 3.07 bits per heavy atom. The van der Waals surface area contributed by atoms with Crippen molar-refractivity contribution in [3.63, 3.8) is 0 Å². The Hall–Kier alpha value is -0.970. The van der Waals surface area contributed by atoms with Gasteiger partial charge >= 0.3 is 0 Å². The highest BCUT2D eigenvalue weighted by Gasteiger charge is 2.31. The third-order valence-corrected chi connectivity index (χ3v) is 3.25. The van der Waals surface area contributed by atoms with Gasteiger partial charge in [-0.15, -0.1) is 0 Å². The number of rotatable bonds is 3. The van der Waals surface area contributed by atoms with Gasteiger partial charge in [0.05, 0.1) is 6.20 Å². The van der Waals surface area contributed by atoms with Gasteiger partial charge in [-0.25, -0.2) is 4.68 Å². The largest absolute Gasteiger partial charge is 0.297 e. The van der Waals surface area contributed by atoms with Crippen molar-refractivity contribution in [1.29, 1.82) is 0 Å². The molecule has 1 aliphatic heterocycles. The summed E-state index contributed by atoms with van der Waals surface area (Å²) in [5.74, 6) is 2.24. The Bertz CT molecular complexity index is 363. The van der Waals surface area contributed by atoms with Gasteiger partial charge in [0.2, 0.25) is 5.91 Å². The SMILES string of the molecule is CCn1nccc1N1CC(CS)CC1=O. The van der Waals surface area contributed by atoms with Gasteiger partial charge in [0, 0.05) is 25.6 Å². The number of carbonyl (C=O) groups excluding carboxylic acids is 1. The fourth-order valence-corrected chi connectivity index (χ4v) is 2.17. The van der Waals surface area contributed by atoms with Crippen LogP contribution in [0.2, 0.25) is 0 Å². The van der Waals surface area contributed by atoms with Gasteiger partial charge in [-0.05, 0) is 18.6 Å². The number of thiol groups is 1. The lowest BCUT2D eigenvalue weighted by Crippen LogP contribution is -2.27. The smallest absolute Gasteiger partial charge is 0.228 e. The molecule has 0 bridgehead atoms. The second-order valence-corrected chi connectivity index (χ2v) is 4.13. The molecule has 0 aromatic carbocycles. The van der Waals surface area contributed by atoms with Crippen LogP contribution in [0.25, 0.3) is 0 Å². The van der Waals surface area contributed by atoms with Crippen LogP contribution in [-0.4, -0.2) is 28.0 Å². The molecule has 5 heteroatoms. The van der Waals surface area contributed by atoms with E-state index in [2.05, 4.69) is 17.7 Å². The molecule has 1 aliphatic rings. The average molecular weight is 225 g/mol. The first kappa shape index (κ1) is 10.5. The maximum atomic E-state index is 11.8. The second kappa shape index (κ2) is 4.26. The summed E-state index contributed by atoms with van der Waals surface area (Å²) in [4.78, 5) is 13.6. The molecule has 0 saturated carbocycles. The predicted octanol–water partition coefficient (Wildman–Crippen LogP) is 1.19. The molecule has 4 nitrogen and oxygen atoms in total. The monoisotopic (exact) mass is 225 g/mol. The van der Waals surface area contributed by atoms with Crippen molar-refractivity contribution in [1.82, 2.24) is 9.78 Å². The molecule has 0 aliphatic carbocycles. The Kier molecular flexibility index (Phi) is 3.00. The summed E-state index contributed by atoms with van der Waals surface area (Å²) in [5.41, 5.74) is 0. The standard InChI is InChI=1S/C10H15N3OS/c1-2-13-9(3-4-11-13)12-6-8(7-15)5-10(12)14/h3-4,8,15H,2,5-7H2,1H3. The van der Waals surface area contributed by atoms with Crippen LogP contribution in [0.4, 0.5) is 5.82 Å². The van der Waals surface area contributed by atoms with Gasteiger partial charge in [-0.3, -0.25) is 9.69 Å². The van der Waals surface area contributed by atoms with Crippen LogP contribution in [0.15, 0.2) is 12.3 Å². The van der Waals surface area contributed by atoms with Gasteiger partial charge in [-0.1, -0.05) is 0 Å². The number of amides is 1. The molecule has 0 radical (unpaired) electrons. The van der Waals surface area contributed by atoms with E-state index in [9.17, 15) is 4.79 Å². The average Bonchev–Trinajstić information content (AvgIpc) is 2.82. The van der Waals surface area contributed by atoms with Crippen LogP contribution in [0.1, 0.15) is 13.3 Å². The fourth-order valence-electron chi connectivity index (χ4n) is 1.92. The van der Waals surface area contributed by atoms with E-state index in [1.165, 1.54) is 0 Å². The molecule has 2 heterocycles. The van der Waals surface area contributed by atoms with Gasteiger partial charge in [0.15, 0.2) is 0 Å². The lowest BCUT2D eigenvalue weighted by molar-refractivity contribution is -0.117. The van der Waals surface area contributed by atoms with E-state index < -0.39 is 0 Å². The van der Waals surface area contributed by atoms with Gasteiger partial charge in [0.1, 0.15) is 5.82 Å². The summed E-state index contributed by atoms with van der Waals surface area (Å²) in [5, 5.41) is 4.17. The molecule has 2 rings (SSSR count). The summed E-state index contributed by atoms with van der Waals surface area (Å²) in [6.07, 6.45) is 2.35. The van der Waals surface area contributed by atoms with Crippen LogP contribution in [0.5, 0.6) is 0 Å². The normalized spacial score (nSPS) is 21.3. The zero-order chi connectivity index (χ0) is 10.8. The van der Waals surface area contributed by atoms with Crippen LogP contribution < -0.4 is 4.90 Å². The molecule has 82 valence electrons. The highest BCUT2D eigenvalue weighted by atomic mass is 32.1. The Morgan fingerprint density at radius 1 is 1.67 bits per heavy atom. The van der Waals surface area contributed by atoms with E-state index in [1.807, 2.05) is 22.6 Å². The third-order valence-electron chi connectivity index (χ3n) is 2.73. The summed E-state index contributed by atoms with van der Waals surface area (Å²) in [6, 6.07) is 1.89.